The van der Waals surface area contributed by atoms with Crippen LogP contribution in [0.25, 0.3) is 0 Å². The molecule has 10 heteroatoms. The minimum absolute atomic E-state index is 0.0273. The van der Waals surface area contributed by atoms with E-state index < -0.39 is 26.5 Å². The Balaban J connectivity index is 4.04. The number of phosphoric ester groups is 1. The van der Waals surface area contributed by atoms with Crippen molar-refractivity contribution in [2.24, 2.45) is 0 Å². The maximum absolute atomic E-state index is 12.8. The van der Waals surface area contributed by atoms with E-state index in [4.69, 9.17) is 18.5 Å². The van der Waals surface area contributed by atoms with E-state index in [9.17, 15) is 19.0 Å². The van der Waals surface area contributed by atoms with Gasteiger partial charge in [0.25, 0.3) is 7.82 Å². The number of allylic oxidation sites excluding steroid dienone is 2. The van der Waals surface area contributed by atoms with Crippen LogP contribution in [-0.2, 0) is 32.7 Å². The summed E-state index contributed by atoms with van der Waals surface area (Å²) in [5.41, 5.74) is 0. The van der Waals surface area contributed by atoms with Gasteiger partial charge in [-0.15, -0.1) is 0 Å². The van der Waals surface area contributed by atoms with Crippen molar-refractivity contribution in [1.29, 1.82) is 0 Å². The fourth-order valence-corrected chi connectivity index (χ4v) is 10.3. The average Bonchev–Trinajstić information content (AvgIpc) is 3.35. The number of unbranched alkanes of at least 4 members (excludes halogenated alkanes) is 44. The van der Waals surface area contributed by atoms with Gasteiger partial charge >= 0.3 is 11.9 Å². The average molecular weight is 1050 g/mol. The lowest BCUT2D eigenvalue weighted by atomic mass is 10.0. The fraction of sp³-hybridized carbons (Fsp3) is 0.937. The van der Waals surface area contributed by atoms with E-state index in [1.165, 1.54) is 257 Å². The van der Waals surface area contributed by atoms with E-state index in [1.807, 2.05) is 21.1 Å². The Hall–Kier alpha value is -1.25. The van der Waals surface area contributed by atoms with Gasteiger partial charge < -0.3 is 27.9 Å². The second-order valence-corrected chi connectivity index (χ2v) is 24.5. The quantitative estimate of drug-likeness (QED) is 0.0195. The zero-order valence-corrected chi connectivity index (χ0v) is 50.3. The zero-order valence-electron chi connectivity index (χ0n) is 49.4. The molecule has 0 rings (SSSR count). The second kappa shape index (κ2) is 55.5. The van der Waals surface area contributed by atoms with Crippen molar-refractivity contribution in [2.45, 2.75) is 335 Å². The monoisotopic (exact) mass is 1050 g/mol. The maximum Gasteiger partial charge on any atom is 0.306 e. The number of carbonyl (C=O) groups excluding carboxylic acids is 2. The first-order chi connectivity index (χ1) is 35.5. The maximum atomic E-state index is 12.8. The summed E-state index contributed by atoms with van der Waals surface area (Å²) in [6.45, 7) is 4.31. The van der Waals surface area contributed by atoms with Crippen molar-refractivity contribution in [3.63, 3.8) is 0 Å². The summed E-state index contributed by atoms with van der Waals surface area (Å²) in [5.74, 6) is -0.814. The molecule has 2 unspecified atom stereocenters. The number of hydrogen-bond acceptors (Lipinski definition) is 8. The third kappa shape index (κ3) is 59.8. The zero-order chi connectivity index (χ0) is 53.5. The van der Waals surface area contributed by atoms with Crippen LogP contribution in [0.3, 0.4) is 0 Å². The van der Waals surface area contributed by atoms with Gasteiger partial charge in [0.2, 0.25) is 0 Å². The second-order valence-electron chi connectivity index (χ2n) is 23.1. The number of esters is 2. The summed E-state index contributed by atoms with van der Waals surface area (Å²) < 4.78 is 34.2. The molecule has 0 aliphatic carbocycles. The van der Waals surface area contributed by atoms with Gasteiger partial charge in [-0.1, -0.05) is 289 Å². The summed E-state index contributed by atoms with van der Waals surface area (Å²) in [7, 11) is 1.19. The van der Waals surface area contributed by atoms with Gasteiger partial charge in [0.05, 0.1) is 27.7 Å². The molecule has 0 aromatic heterocycles. The van der Waals surface area contributed by atoms with Crippen molar-refractivity contribution >= 4 is 19.8 Å². The molecule has 0 aliphatic rings. The van der Waals surface area contributed by atoms with Gasteiger partial charge in [-0.2, -0.15) is 0 Å². The number of quaternary nitrogens is 1. The van der Waals surface area contributed by atoms with Crippen LogP contribution < -0.4 is 4.89 Å². The van der Waals surface area contributed by atoms with Crippen molar-refractivity contribution in [3.05, 3.63) is 12.2 Å². The van der Waals surface area contributed by atoms with E-state index in [1.54, 1.807) is 0 Å². The summed E-state index contributed by atoms with van der Waals surface area (Å²) in [6.07, 6.45) is 65.6. The van der Waals surface area contributed by atoms with E-state index >= 15 is 0 Å². The number of likely N-dealkylation sites (N-methyl/N-ethyl adjacent to an activating group) is 1. The Kier molecular flexibility index (Phi) is 54.6. The summed E-state index contributed by atoms with van der Waals surface area (Å²) in [5, 5.41) is 0. The van der Waals surface area contributed by atoms with Crippen LogP contribution in [0.2, 0.25) is 0 Å². The molecule has 2 atom stereocenters. The largest absolute Gasteiger partial charge is 0.756 e. The molecule has 0 N–H and O–H groups in total. The standard InChI is InChI=1S/C63H124NO8P/c1-6-8-10-12-14-16-18-20-22-24-26-28-29-30-31-32-33-34-36-37-39-41-43-45-47-49-51-53-55-62(65)69-59-61(60-71-73(67,68)70-58-57-64(3,4)5)72-63(66)56-54-52-50-48-46-44-42-40-38-35-27-25-23-21-19-17-15-13-11-9-7-2/h25,27,61H,6-24,26,28-60H2,1-5H3/b27-25-. The summed E-state index contributed by atoms with van der Waals surface area (Å²) in [4.78, 5) is 37.9. The highest BCUT2D eigenvalue weighted by atomic mass is 31.2. The van der Waals surface area contributed by atoms with E-state index in [2.05, 4.69) is 26.0 Å². The lowest BCUT2D eigenvalue weighted by Gasteiger charge is -2.28. The summed E-state index contributed by atoms with van der Waals surface area (Å²) >= 11 is 0. The molecule has 0 aliphatic heterocycles. The normalized spacial score (nSPS) is 13.2. The van der Waals surface area contributed by atoms with Crippen LogP contribution in [0, 0.1) is 0 Å². The van der Waals surface area contributed by atoms with Crippen molar-refractivity contribution < 1.29 is 42.1 Å². The van der Waals surface area contributed by atoms with E-state index in [0.717, 1.165) is 38.5 Å². The van der Waals surface area contributed by atoms with Crippen LogP contribution in [0.4, 0.5) is 0 Å². The Morgan fingerprint density at radius 2 is 0.699 bits per heavy atom. The third-order valence-corrected chi connectivity index (χ3v) is 15.5. The molecule has 0 saturated carbocycles. The fourth-order valence-electron chi connectivity index (χ4n) is 9.60. The first-order valence-electron chi connectivity index (χ1n) is 31.9. The third-order valence-electron chi connectivity index (χ3n) is 14.5. The molecule has 0 aromatic carbocycles. The predicted octanol–water partition coefficient (Wildman–Crippen LogP) is 19.4. The molecular weight excluding hydrogens is 930 g/mol. The predicted molar refractivity (Wildman–Crippen MR) is 310 cm³/mol. The number of carbonyl (C=O) groups is 2. The van der Waals surface area contributed by atoms with Gasteiger partial charge in [-0.05, 0) is 38.5 Å². The van der Waals surface area contributed by atoms with Gasteiger partial charge in [-0.25, -0.2) is 0 Å². The lowest BCUT2D eigenvalue weighted by molar-refractivity contribution is -0.870. The van der Waals surface area contributed by atoms with Crippen LogP contribution in [0.1, 0.15) is 328 Å². The van der Waals surface area contributed by atoms with E-state index in [-0.39, 0.29) is 32.0 Å². The van der Waals surface area contributed by atoms with Crippen molar-refractivity contribution in [2.75, 3.05) is 47.5 Å². The number of rotatable bonds is 60. The Labute approximate surface area is 454 Å². The smallest absolute Gasteiger partial charge is 0.306 e. The molecule has 73 heavy (non-hydrogen) atoms. The van der Waals surface area contributed by atoms with Crippen LogP contribution >= 0.6 is 7.82 Å². The van der Waals surface area contributed by atoms with Gasteiger partial charge in [-0.3, -0.25) is 14.2 Å². The highest BCUT2D eigenvalue weighted by molar-refractivity contribution is 7.45. The Bertz CT molecular complexity index is 1240. The number of nitrogens with zero attached hydrogens (tertiary/aromatic N) is 1. The summed E-state index contributed by atoms with van der Waals surface area (Å²) in [6, 6.07) is 0. The molecular formula is C63H124NO8P. The molecule has 0 aromatic rings. The minimum Gasteiger partial charge on any atom is -0.756 e. The lowest BCUT2D eigenvalue weighted by Crippen LogP contribution is -2.37. The Morgan fingerprint density at radius 1 is 0.411 bits per heavy atom. The molecule has 434 valence electrons. The molecule has 0 radical (unpaired) electrons. The molecule has 0 heterocycles. The first kappa shape index (κ1) is 71.8. The molecule has 0 spiro atoms. The number of phosphoric acid groups is 1. The van der Waals surface area contributed by atoms with Crippen LogP contribution in [0.15, 0.2) is 12.2 Å². The van der Waals surface area contributed by atoms with Gasteiger partial charge in [0, 0.05) is 12.8 Å². The highest BCUT2D eigenvalue weighted by Gasteiger charge is 2.22. The number of hydrogen-bond donors (Lipinski definition) is 0. The topological polar surface area (TPSA) is 111 Å². The molecule has 0 saturated heterocycles. The first-order valence-corrected chi connectivity index (χ1v) is 33.4. The van der Waals surface area contributed by atoms with Gasteiger partial charge in [0.15, 0.2) is 6.10 Å². The highest BCUT2D eigenvalue weighted by Crippen LogP contribution is 2.38. The van der Waals surface area contributed by atoms with Crippen LogP contribution in [-0.4, -0.2) is 70.0 Å². The molecule has 0 amide bonds. The molecule has 9 nitrogen and oxygen atoms in total. The minimum atomic E-state index is -4.63. The number of ether oxygens (including phenoxy) is 2. The SMILES string of the molecule is CCCCCCCCCC/C=C\CCCCCCCCCCCC(=O)OC(COC(=O)CCCCCCCCCCCCCCCCCCCCCCCCCCCCCC)COP(=O)([O-])OCC[N+](C)(C)C. The molecule has 0 bridgehead atoms. The molecule has 0 fully saturated rings. The van der Waals surface area contributed by atoms with Gasteiger partial charge in [0.1, 0.15) is 19.8 Å². The van der Waals surface area contributed by atoms with Crippen molar-refractivity contribution in [3.8, 4) is 0 Å². The van der Waals surface area contributed by atoms with Crippen LogP contribution in [0.5, 0.6) is 0 Å². The Morgan fingerprint density at radius 3 is 1.01 bits per heavy atom. The van der Waals surface area contributed by atoms with E-state index in [0.29, 0.717) is 17.4 Å². The van der Waals surface area contributed by atoms with Crippen molar-refractivity contribution in [1.82, 2.24) is 0 Å².